The average Bonchev–Trinajstić information content (AvgIpc) is 2.72. The van der Waals surface area contributed by atoms with Gasteiger partial charge in [-0.25, -0.2) is 13.6 Å². The maximum atomic E-state index is 11.9. The number of anilines is 1. The van der Waals surface area contributed by atoms with E-state index >= 15 is 0 Å². The van der Waals surface area contributed by atoms with E-state index in [1.54, 1.807) is 18.2 Å². The molecule has 1 amide bonds. The molecule has 104 valence electrons. The Balaban J connectivity index is 2.35. The van der Waals surface area contributed by atoms with Crippen molar-refractivity contribution < 1.29 is 18.3 Å². The van der Waals surface area contributed by atoms with Crippen LogP contribution in [0, 0.1) is 6.92 Å². The number of rotatable bonds is 3. The van der Waals surface area contributed by atoms with Crippen molar-refractivity contribution in [3.05, 3.63) is 29.3 Å². The summed E-state index contributed by atoms with van der Waals surface area (Å²) in [7, 11) is -3.72. The first-order chi connectivity index (χ1) is 8.82. The Morgan fingerprint density at radius 2 is 2.16 bits per heavy atom. The number of amides is 1. The van der Waals surface area contributed by atoms with E-state index in [1.807, 2.05) is 6.92 Å². The fourth-order valence-electron chi connectivity index (χ4n) is 2.17. The van der Waals surface area contributed by atoms with Crippen LogP contribution in [0.4, 0.5) is 5.69 Å². The first-order valence-electron chi connectivity index (χ1n) is 5.85. The van der Waals surface area contributed by atoms with Gasteiger partial charge in [-0.2, -0.15) is 0 Å². The van der Waals surface area contributed by atoms with Gasteiger partial charge in [-0.3, -0.25) is 4.79 Å². The van der Waals surface area contributed by atoms with Gasteiger partial charge in [-0.1, -0.05) is 12.1 Å². The molecule has 19 heavy (non-hydrogen) atoms. The fourth-order valence-corrected chi connectivity index (χ4v) is 2.90. The van der Waals surface area contributed by atoms with Gasteiger partial charge in [0.05, 0.1) is 6.61 Å². The van der Waals surface area contributed by atoms with E-state index in [0.29, 0.717) is 11.3 Å². The van der Waals surface area contributed by atoms with E-state index in [2.05, 4.69) is 0 Å². The number of hydrogen-bond donors (Lipinski definition) is 2. The SMILES string of the molecule is Cc1ccc(CO)cc1N1CC(S(N)(=O)=O)CC1=O. The number of hydrogen-bond acceptors (Lipinski definition) is 4. The van der Waals surface area contributed by atoms with Gasteiger partial charge < -0.3 is 10.0 Å². The van der Waals surface area contributed by atoms with Crippen molar-refractivity contribution in [3.63, 3.8) is 0 Å². The quantitative estimate of drug-likeness (QED) is 0.808. The van der Waals surface area contributed by atoms with Crippen LogP contribution in [0.5, 0.6) is 0 Å². The summed E-state index contributed by atoms with van der Waals surface area (Å²) >= 11 is 0. The Bertz CT molecular complexity index is 612. The van der Waals surface area contributed by atoms with Crippen LogP contribution in [0.15, 0.2) is 18.2 Å². The van der Waals surface area contributed by atoms with Crippen LogP contribution < -0.4 is 10.0 Å². The summed E-state index contributed by atoms with van der Waals surface area (Å²) in [5.74, 6) is -0.266. The molecule has 0 aromatic heterocycles. The Labute approximate surface area is 111 Å². The van der Waals surface area contributed by atoms with Gasteiger partial charge in [-0.15, -0.1) is 0 Å². The number of carbonyl (C=O) groups is 1. The number of aliphatic hydroxyl groups is 1. The molecule has 1 saturated heterocycles. The lowest BCUT2D eigenvalue weighted by Gasteiger charge is -2.19. The molecule has 1 fully saturated rings. The molecule has 1 aromatic carbocycles. The van der Waals surface area contributed by atoms with E-state index in [4.69, 9.17) is 10.2 Å². The molecular weight excluding hydrogens is 268 g/mol. The molecule has 3 N–H and O–H groups in total. The lowest BCUT2D eigenvalue weighted by molar-refractivity contribution is -0.117. The molecule has 0 spiro atoms. The number of aryl methyl sites for hydroxylation is 1. The number of benzene rings is 1. The summed E-state index contributed by atoms with van der Waals surface area (Å²) in [6, 6.07) is 5.24. The van der Waals surface area contributed by atoms with Crippen LogP contribution in [0.2, 0.25) is 0 Å². The Morgan fingerprint density at radius 3 is 2.68 bits per heavy atom. The predicted octanol–water partition coefficient (Wildman–Crippen LogP) is -0.119. The summed E-state index contributed by atoms with van der Waals surface area (Å²) in [5, 5.41) is 13.4. The molecule has 6 nitrogen and oxygen atoms in total. The van der Waals surface area contributed by atoms with Crippen LogP contribution in [-0.2, 0) is 21.4 Å². The maximum absolute atomic E-state index is 11.9. The van der Waals surface area contributed by atoms with E-state index < -0.39 is 15.3 Å². The van der Waals surface area contributed by atoms with Gasteiger partial charge in [0.2, 0.25) is 15.9 Å². The van der Waals surface area contributed by atoms with Crippen molar-refractivity contribution in [1.29, 1.82) is 0 Å². The second-order valence-electron chi connectivity index (χ2n) is 4.70. The number of nitrogens with two attached hydrogens (primary N) is 1. The van der Waals surface area contributed by atoms with Crippen molar-refractivity contribution in [2.45, 2.75) is 25.2 Å². The number of nitrogens with zero attached hydrogens (tertiary/aromatic N) is 1. The van der Waals surface area contributed by atoms with Crippen LogP contribution in [0.3, 0.4) is 0 Å². The van der Waals surface area contributed by atoms with Crippen molar-refractivity contribution in [2.24, 2.45) is 5.14 Å². The highest BCUT2D eigenvalue weighted by molar-refractivity contribution is 7.89. The van der Waals surface area contributed by atoms with Crippen LogP contribution in [0.1, 0.15) is 17.5 Å². The van der Waals surface area contributed by atoms with Gasteiger partial charge in [0.25, 0.3) is 0 Å². The largest absolute Gasteiger partial charge is 0.392 e. The van der Waals surface area contributed by atoms with Crippen LogP contribution in [-0.4, -0.2) is 31.2 Å². The minimum Gasteiger partial charge on any atom is -0.392 e. The average molecular weight is 284 g/mol. The summed E-state index contributed by atoms with van der Waals surface area (Å²) in [5.41, 5.74) is 2.15. The monoisotopic (exact) mass is 284 g/mol. The first-order valence-corrected chi connectivity index (χ1v) is 7.46. The van der Waals surface area contributed by atoms with Crippen molar-refractivity contribution in [3.8, 4) is 0 Å². The normalized spacial score (nSPS) is 20.1. The molecule has 1 aliphatic rings. The molecule has 0 bridgehead atoms. The van der Waals surface area contributed by atoms with Gasteiger partial charge in [0.15, 0.2) is 0 Å². The second-order valence-corrected chi connectivity index (χ2v) is 6.54. The molecule has 0 radical (unpaired) electrons. The maximum Gasteiger partial charge on any atom is 0.228 e. The smallest absolute Gasteiger partial charge is 0.228 e. The molecule has 1 unspecified atom stereocenters. The summed E-state index contributed by atoms with van der Waals surface area (Å²) in [6.07, 6.45) is -0.0956. The number of carbonyl (C=O) groups excluding carboxylic acids is 1. The molecule has 2 rings (SSSR count). The first kappa shape index (κ1) is 14.0. The lowest BCUT2D eigenvalue weighted by atomic mass is 10.1. The molecule has 7 heteroatoms. The van der Waals surface area contributed by atoms with E-state index in [0.717, 1.165) is 5.56 Å². The van der Waals surface area contributed by atoms with Gasteiger partial charge >= 0.3 is 0 Å². The third-order valence-electron chi connectivity index (χ3n) is 3.30. The number of aliphatic hydroxyl groups excluding tert-OH is 1. The number of sulfonamides is 1. The second kappa shape index (κ2) is 4.92. The van der Waals surface area contributed by atoms with E-state index in [-0.39, 0.29) is 25.5 Å². The Morgan fingerprint density at radius 1 is 1.47 bits per heavy atom. The predicted molar refractivity (Wildman–Crippen MR) is 71.0 cm³/mol. The molecule has 1 heterocycles. The summed E-state index contributed by atoms with van der Waals surface area (Å²) in [4.78, 5) is 13.3. The zero-order valence-electron chi connectivity index (χ0n) is 10.5. The third-order valence-corrected chi connectivity index (χ3v) is 4.55. The van der Waals surface area contributed by atoms with Crippen molar-refractivity contribution in [2.75, 3.05) is 11.4 Å². The molecule has 1 atom stereocenters. The van der Waals surface area contributed by atoms with Crippen LogP contribution >= 0.6 is 0 Å². The molecule has 1 aliphatic heterocycles. The zero-order valence-corrected chi connectivity index (χ0v) is 11.4. The van der Waals surface area contributed by atoms with E-state index in [9.17, 15) is 13.2 Å². The topological polar surface area (TPSA) is 101 Å². The van der Waals surface area contributed by atoms with Gasteiger partial charge in [0.1, 0.15) is 5.25 Å². The molecule has 0 aliphatic carbocycles. The molecule has 1 aromatic rings. The lowest BCUT2D eigenvalue weighted by Crippen LogP contribution is -2.32. The molecule has 0 saturated carbocycles. The Kier molecular flexibility index (Phi) is 3.62. The standard InChI is InChI=1S/C12H16N2O4S/c1-8-2-3-9(7-15)4-11(8)14-6-10(5-12(14)16)19(13,17)18/h2-4,10,15H,5-7H2,1H3,(H2,13,17,18). The number of primary sulfonamides is 1. The summed E-state index contributed by atoms with van der Waals surface area (Å²) < 4.78 is 22.6. The van der Waals surface area contributed by atoms with Gasteiger partial charge in [-0.05, 0) is 24.1 Å². The highest BCUT2D eigenvalue weighted by Crippen LogP contribution is 2.28. The minimum absolute atomic E-state index is 0.0629. The van der Waals surface area contributed by atoms with E-state index in [1.165, 1.54) is 4.90 Å². The third kappa shape index (κ3) is 2.78. The minimum atomic E-state index is -3.72. The van der Waals surface area contributed by atoms with Crippen molar-refractivity contribution >= 4 is 21.6 Å². The highest BCUT2D eigenvalue weighted by atomic mass is 32.2. The van der Waals surface area contributed by atoms with Crippen molar-refractivity contribution in [1.82, 2.24) is 0 Å². The van der Waals surface area contributed by atoms with Gasteiger partial charge in [0, 0.05) is 18.7 Å². The Hall–Kier alpha value is -1.44. The fraction of sp³-hybridized carbons (Fsp3) is 0.417. The summed E-state index contributed by atoms with van der Waals surface area (Å²) in [6.45, 7) is 1.76. The highest BCUT2D eigenvalue weighted by Gasteiger charge is 2.37. The zero-order chi connectivity index (χ0) is 14.2. The van der Waals surface area contributed by atoms with Crippen LogP contribution in [0.25, 0.3) is 0 Å². The molecular formula is C12H16N2O4S.